The Kier molecular flexibility index (Phi) is 4.96. The molecule has 1 aliphatic rings. The largest absolute Gasteiger partial charge is 0.374 e. The van der Waals surface area contributed by atoms with Crippen LogP contribution in [-0.2, 0) is 22.6 Å². The van der Waals surface area contributed by atoms with Gasteiger partial charge in [-0.1, -0.05) is 19.1 Å². The number of amides is 1. The van der Waals surface area contributed by atoms with E-state index in [0.717, 1.165) is 5.56 Å². The van der Waals surface area contributed by atoms with Gasteiger partial charge in [0.05, 0.1) is 18.1 Å². The predicted octanol–water partition coefficient (Wildman–Crippen LogP) is 1.96. The summed E-state index contributed by atoms with van der Waals surface area (Å²) in [6, 6.07) is 4.85. The average molecular weight is 294 g/mol. The zero-order chi connectivity index (χ0) is 15.6. The summed E-state index contributed by atoms with van der Waals surface area (Å²) in [5.41, 5.74) is 6.67. The first-order valence-electron chi connectivity index (χ1n) is 7.34. The standard InChI is InChI=1S/C16H23FN2O2/c1-9-10(2)21-11(3)15(9)16(20)19-8-13-5-4-12(7-18)6-14(13)17/h4-6,9-11,15H,7-8,18H2,1-3H3,(H,19,20). The van der Waals surface area contributed by atoms with Gasteiger partial charge < -0.3 is 15.8 Å². The lowest BCUT2D eigenvalue weighted by Crippen LogP contribution is -2.37. The predicted molar refractivity (Wildman–Crippen MR) is 78.8 cm³/mol. The van der Waals surface area contributed by atoms with Gasteiger partial charge in [0.2, 0.25) is 5.91 Å². The minimum absolute atomic E-state index is 0.0660. The highest BCUT2D eigenvalue weighted by Crippen LogP contribution is 2.32. The third-order valence-electron chi connectivity index (χ3n) is 4.35. The summed E-state index contributed by atoms with van der Waals surface area (Å²) in [5, 5.41) is 2.81. The summed E-state index contributed by atoms with van der Waals surface area (Å²) >= 11 is 0. The molecule has 1 saturated heterocycles. The van der Waals surface area contributed by atoms with Gasteiger partial charge in [-0.2, -0.15) is 0 Å². The van der Waals surface area contributed by atoms with Gasteiger partial charge in [0.15, 0.2) is 0 Å². The lowest BCUT2D eigenvalue weighted by Gasteiger charge is -2.18. The molecule has 4 nitrogen and oxygen atoms in total. The van der Waals surface area contributed by atoms with Crippen LogP contribution in [-0.4, -0.2) is 18.1 Å². The van der Waals surface area contributed by atoms with Crippen LogP contribution in [0.3, 0.4) is 0 Å². The van der Waals surface area contributed by atoms with Gasteiger partial charge >= 0.3 is 0 Å². The smallest absolute Gasteiger partial charge is 0.226 e. The van der Waals surface area contributed by atoms with E-state index in [-0.39, 0.29) is 42.3 Å². The summed E-state index contributed by atoms with van der Waals surface area (Å²) in [5.74, 6) is -0.451. The van der Waals surface area contributed by atoms with E-state index in [1.165, 1.54) is 6.07 Å². The van der Waals surface area contributed by atoms with Crippen molar-refractivity contribution >= 4 is 5.91 Å². The third-order valence-corrected chi connectivity index (χ3v) is 4.35. The second kappa shape index (κ2) is 6.54. The molecule has 1 aromatic rings. The number of hydrogen-bond donors (Lipinski definition) is 2. The first kappa shape index (κ1) is 15.9. The molecule has 0 bridgehead atoms. The molecule has 1 aromatic carbocycles. The van der Waals surface area contributed by atoms with Gasteiger partial charge in [-0.05, 0) is 31.4 Å². The van der Waals surface area contributed by atoms with E-state index in [4.69, 9.17) is 10.5 Å². The Labute approximate surface area is 124 Å². The van der Waals surface area contributed by atoms with Gasteiger partial charge in [0, 0.05) is 18.7 Å². The van der Waals surface area contributed by atoms with Crippen LogP contribution in [0.4, 0.5) is 4.39 Å². The van der Waals surface area contributed by atoms with E-state index in [1.807, 2.05) is 20.8 Å². The fourth-order valence-electron chi connectivity index (χ4n) is 2.88. The van der Waals surface area contributed by atoms with Crippen LogP contribution < -0.4 is 11.1 Å². The summed E-state index contributed by atoms with van der Waals surface area (Å²) < 4.78 is 19.5. The number of carbonyl (C=O) groups excluding carboxylic acids is 1. The molecule has 1 heterocycles. The maximum Gasteiger partial charge on any atom is 0.226 e. The van der Waals surface area contributed by atoms with E-state index in [1.54, 1.807) is 12.1 Å². The van der Waals surface area contributed by atoms with E-state index in [2.05, 4.69) is 5.32 Å². The molecule has 5 heteroatoms. The Morgan fingerprint density at radius 2 is 2.05 bits per heavy atom. The fourth-order valence-corrected chi connectivity index (χ4v) is 2.88. The topological polar surface area (TPSA) is 64.3 Å². The van der Waals surface area contributed by atoms with E-state index in [9.17, 15) is 9.18 Å². The molecule has 0 spiro atoms. The maximum atomic E-state index is 13.8. The van der Waals surface area contributed by atoms with Crippen molar-refractivity contribution < 1.29 is 13.9 Å². The first-order valence-corrected chi connectivity index (χ1v) is 7.34. The molecule has 0 aromatic heterocycles. The number of hydrogen-bond acceptors (Lipinski definition) is 3. The number of halogens is 1. The van der Waals surface area contributed by atoms with Crippen LogP contribution >= 0.6 is 0 Å². The second-order valence-corrected chi connectivity index (χ2v) is 5.78. The SMILES string of the molecule is CC1OC(C)C(C(=O)NCc2ccc(CN)cc2F)C1C. The van der Waals surface area contributed by atoms with Crippen molar-refractivity contribution in [1.29, 1.82) is 0 Å². The minimum Gasteiger partial charge on any atom is -0.374 e. The van der Waals surface area contributed by atoms with Crippen molar-refractivity contribution in [2.45, 2.75) is 46.1 Å². The Balaban J connectivity index is 1.98. The number of nitrogens with one attached hydrogen (secondary N) is 1. The van der Waals surface area contributed by atoms with Crippen LogP contribution in [0.1, 0.15) is 31.9 Å². The van der Waals surface area contributed by atoms with Crippen molar-refractivity contribution in [3.05, 3.63) is 35.1 Å². The van der Waals surface area contributed by atoms with Crippen LogP contribution in [0, 0.1) is 17.7 Å². The van der Waals surface area contributed by atoms with Crippen LogP contribution in [0.25, 0.3) is 0 Å². The third kappa shape index (κ3) is 3.41. The molecule has 0 radical (unpaired) electrons. The Morgan fingerprint density at radius 1 is 1.33 bits per heavy atom. The number of rotatable bonds is 4. The Bertz CT molecular complexity index is 521. The quantitative estimate of drug-likeness (QED) is 0.892. The number of ether oxygens (including phenoxy) is 1. The highest BCUT2D eigenvalue weighted by Gasteiger charge is 2.41. The summed E-state index contributed by atoms with van der Waals surface area (Å²) in [4.78, 5) is 12.3. The molecular weight excluding hydrogens is 271 g/mol. The first-order chi connectivity index (χ1) is 9.93. The normalized spacial score (nSPS) is 28.6. The van der Waals surface area contributed by atoms with Gasteiger partial charge in [-0.15, -0.1) is 0 Å². The molecule has 4 atom stereocenters. The lowest BCUT2D eigenvalue weighted by molar-refractivity contribution is -0.127. The highest BCUT2D eigenvalue weighted by molar-refractivity contribution is 5.79. The van der Waals surface area contributed by atoms with Crippen molar-refractivity contribution in [2.75, 3.05) is 0 Å². The lowest BCUT2D eigenvalue weighted by atomic mass is 9.89. The number of nitrogens with two attached hydrogens (primary N) is 1. The van der Waals surface area contributed by atoms with Crippen molar-refractivity contribution in [1.82, 2.24) is 5.32 Å². The summed E-state index contributed by atoms with van der Waals surface area (Å²) in [6.07, 6.45) is -0.0456. The van der Waals surface area contributed by atoms with Crippen molar-refractivity contribution in [3.63, 3.8) is 0 Å². The summed E-state index contributed by atoms with van der Waals surface area (Å²) in [6.45, 7) is 6.37. The molecular formula is C16H23FN2O2. The van der Waals surface area contributed by atoms with Gasteiger partial charge in [-0.3, -0.25) is 4.79 Å². The van der Waals surface area contributed by atoms with Crippen LogP contribution in [0.5, 0.6) is 0 Å². The molecule has 116 valence electrons. The van der Waals surface area contributed by atoms with Gasteiger partial charge in [-0.25, -0.2) is 4.39 Å². The molecule has 0 aliphatic carbocycles. The second-order valence-electron chi connectivity index (χ2n) is 5.78. The number of benzene rings is 1. The molecule has 1 amide bonds. The molecule has 1 fully saturated rings. The molecule has 21 heavy (non-hydrogen) atoms. The molecule has 2 rings (SSSR count). The molecule has 4 unspecified atom stereocenters. The minimum atomic E-state index is -0.338. The van der Waals surface area contributed by atoms with Crippen molar-refractivity contribution in [2.24, 2.45) is 17.6 Å². The van der Waals surface area contributed by atoms with Gasteiger partial charge in [0.1, 0.15) is 5.82 Å². The highest BCUT2D eigenvalue weighted by atomic mass is 19.1. The van der Waals surface area contributed by atoms with Crippen LogP contribution in [0.2, 0.25) is 0 Å². The van der Waals surface area contributed by atoms with Crippen LogP contribution in [0.15, 0.2) is 18.2 Å². The zero-order valence-electron chi connectivity index (χ0n) is 12.7. The monoisotopic (exact) mass is 294 g/mol. The molecule has 1 aliphatic heterocycles. The van der Waals surface area contributed by atoms with Gasteiger partial charge in [0.25, 0.3) is 0 Å². The van der Waals surface area contributed by atoms with Crippen molar-refractivity contribution in [3.8, 4) is 0 Å². The average Bonchev–Trinajstić information content (AvgIpc) is 2.70. The number of carbonyl (C=O) groups is 1. The Hall–Kier alpha value is -1.46. The fraction of sp³-hybridized carbons (Fsp3) is 0.562. The van der Waals surface area contributed by atoms with E-state index < -0.39 is 0 Å². The summed E-state index contributed by atoms with van der Waals surface area (Å²) in [7, 11) is 0. The Morgan fingerprint density at radius 3 is 2.57 bits per heavy atom. The molecule has 3 N–H and O–H groups in total. The maximum absolute atomic E-state index is 13.8. The molecule has 0 saturated carbocycles. The van der Waals surface area contributed by atoms with E-state index >= 15 is 0 Å². The zero-order valence-corrected chi connectivity index (χ0v) is 12.7. The van der Waals surface area contributed by atoms with E-state index in [0.29, 0.717) is 12.1 Å².